The molecule has 3 heterocycles. The van der Waals surface area contributed by atoms with E-state index >= 15 is 0 Å². The third-order valence-corrected chi connectivity index (χ3v) is 5.03. The first-order chi connectivity index (χ1) is 13.5. The van der Waals surface area contributed by atoms with Gasteiger partial charge in [0, 0.05) is 37.5 Å². The summed E-state index contributed by atoms with van der Waals surface area (Å²) in [7, 11) is 1.80. The van der Waals surface area contributed by atoms with Crippen molar-refractivity contribution in [1.82, 2.24) is 30.0 Å². The number of aryl methyl sites for hydroxylation is 2. The Kier molecular flexibility index (Phi) is 4.58. The zero-order valence-corrected chi connectivity index (χ0v) is 15.5. The van der Waals surface area contributed by atoms with E-state index in [1.165, 1.54) is 12.1 Å². The largest absolute Gasteiger partial charge is 0.348 e. The van der Waals surface area contributed by atoms with Gasteiger partial charge in [0.25, 0.3) is 0 Å². The molecule has 1 aromatic carbocycles. The number of hydrogen-bond acceptors (Lipinski definition) is 3. The summed E-state index contributed by atoms with van der Waals surface area (Å²) in [5.74, 6) is -1.34. The van der Waals surface area contributed by atoms with E-state index in [2.05, 4.69) is 20.4 Å². The molecule has 3 aromatic rings. The number of carbonyl (C=O) groups is 1. The molecule has 9 heteroatoms. The molecule has 1 unspecified atom stereocenters. The number of aromatic amines is 1. The first kappa shape index (κ1) is 18.1. The van der Waals surface area contributed by atoms with Crippen molar-refractivity contribution in [2.24, 2.45) is 7.05 Å². The first-order valence-corrected chi connectivity index (χ1v) is 8.94. The summed E-state index contributed by atoms with van der Waals surface area (Å²) < 4.78 is 29.9. The molecule has 0 radical (unpaired) electrons. The molecule has 0 bridgehead atoms. The number of benzene rings is 1. The summed E-state index contributed by atoms with van der Waals surface area (Å²) in [6, 6.07) is 3.47. The predicted molar refractivity (Wildman–Crippen MR) is 97.4 cm³/mol. The number of halogens is 2. The Morgan fingerprint density at radius 1 is 1.36 bits per heavy atom. The van der Waals surface area contributed by atoms with Gasteiger partial charge < -0.3 is 15.2 Å². The highest BCUT2D eigenvalue weighted by molar-refractivity contribution is 5.75. The molecule has 0 saturated carbocycles. The van der Waals surface area contributed by atoms with Gasteiger partial charge in [0.05, 0.1) is 24.3 Å². The number of H-pyrrole nitrogens is 1. The topological polar surface area (TPSA) is 78.8 Å². The van der Waals surface area contributed by atoms with Crippen molar-refractivity contribution in [2.75, 3.05) is 6.54 Å². The average Bonchev–Trinajstić information content (AvgIpc) is 3.28. The van der Waals surface area contributed by atoms with E-state index in [1.807, 2.05) is 6.07 Å². The SMILES string of the molecule is Cc1cc(F)c(CNC(=O)N2CCc3[nH]cnc3C2c2ccnn2C)c(F)c1. The van der Waals surface area contributed by atoms with E-state index in [4.69, 9.17) is 0 Å². The second-order valence-electron chi connectivity index (χ2n) is 6.86. The average molecular weight is 386 g/mol. The molecule has 0 saturated heterocycles. The van der Waals surface area contributed by atoms with Gasteiger partial charge in [-0.1, -0.05) is 0 Å². The van der Waals surface area contributed by atoms with E-state index < -0.39 is 23.7 Å². The molecule has 1 aliphatic heterocycles. The number of carbonyl (C=O) groups excluding carboxylic acids is 1. The van der Waals surface area contributed by atoms with Crippen LogP contribution in [0.3, 0.4) is 0 Å². The van der Waals surface area contributed by atoms with Crippen molar-refractivity contribution < 1.29 is 13.6 Å². The molecule has 0 aliphatic carbocycles. The monoisotopic (exact) mass is 386 g/mol. The number of imidazole rings is 1. The molecular formula is C19H20F2N6O. The van der Waals surface area contributed by atoms with E-state index in [9.17, 15) is 13.6 Å². The van der Waals surface area contributed by atoms with E-state index in [1.54, 1.807) is 36.1 Å². The van der Waals surface area contributed by atoms with Crippen LogP contribution in [0.5, 0.6) is 0 Å². The minimum atomic E-state index is -0.672. The van der Waals surface area contributed by atoms with Crippen molar-refractivity contribution in [3.8, 4) is 0 Å². The van der Waals surface area contributed by atoms with Gasteiger partial charge in [-0.25, -0.2) is 18.6 Å². The Bertz CT molecular complexity index is 1000. The number of aromatic nitrogens is 4. The zero-order chi connectivity index (χ0) is 19.8. The molecular weight excluding hydrogens is 366 g/mol. The Morgan fingerprint density at radius 2 is 2.11 bits per heavy atom. The maximum absolute atomic E-state index is 14.1. The molecule has 0 fully saturated rings. The quantitative estimate of drug-likeness (QED) is 0.726. The fourth-order valence-corrected chi connectivity index (χ4v) is 3.61. The maximum atomic E-state index is 14.1. The number of urea groups is 1. The lowest BCUT2D eigenvalue weighted by Gasteiger charge is -2.35. The summed E-state index contributed by atoms with van der Waals surface area (Å²) in [6.45, 7) is 1.82. The van der Waals surface area contributed by atoms with Crippen LogP contribution in [0, 0.1) is 18.6 Å². The Hall–Kier alpha value is -3.23. The molecule has 1 atom stereocenters. The third kappa shape index (κ3) is 3.12. The van der Waals surface area contributed by atoms with Gasteiger partial charge in [-0.05, 0) is 30.7 Å². The molecule has 2 aromatic heterocycles. The first-order valence-electron chi connectivity index (χ1n) is 8.94. The molecule has 4 rings (SSSR count). The highest BCUT2D eigenvalue weighted by Gasteiger charge is 2.35. The molecule has 2 N–H and O–H groups in total. The van der Waals surface area contributed by atoms with E-state index in [0.29, 0.717) is 18.5 Å². The van der Waals surface area contributed by atoms with Crippen LogP contribution < -0.4 is 5.32 Å². The molecule has 0 spiro atoms. The second-order valence-corrected chi connectivity index (χ2v) is 6.86. The normalized spacial score (nSPS) is 16.1. The number of rotatable bonds is 3. The van der Waals surface area contributed by atoms with Gasteiger partial charge in [-0.15, -0.1) is 0 Å². The fourth-order valence-electron chi connectivity index (χ4n) is 3.61. The lowest BCUT2D eigenvalue weighted by Crippen LogP contribution is -2.46. The third-order valence-electron chi connectivity index (χ3n) is 5.03. The molecule has 146 valence electrons. The number of nitrogens with one attached hydrogen (secondary N) is 2. The number of nitrogens with zero attached hydrogens (tertiary/aromatic N) is 4. The van der Waals surface area contributed by atoms with Crippen LogP contribution in [-0.2, 0) is 20.0 Å². The van der Waals surface area contributed by atoms with Crippen molar-refractivity contribution in [3.63, 3.8) is 0 Å². The molecule has 28 heavy (non-hydrogen) atoms. The Balaban J connectivity index is 1.59. The van der Waals surface area contributed by atoms with E-state index in [0.717, 1.165) is 17.1 Å². The van der Waals surface area contributed by atoms with Gasteiger partial charge in [0.1, 0.15) is 17.7 Å². The number of hydrogen-bond donors (Lipinski definition) is 2. The van der Waals surface area contributed by atoms with Crippen LogP contribution in [0.15, 0.2) is 30.7 Å². The Labute approximate surface area is 160 Å². The predicted octanol–water partition coefficient (Wildman–Crippen LogP) is 2.59. The van der Waals surface area contributed by atoms with Gasteiger partial charge in [0.2, 0.25) is 0 Å². The summed E-state index contributed by atoms with van der Waals surface area (Å²) in [4.78, 5) is 22.0. The minimum Gasteiger partial charge on any atom is -0.348 e. The summed E-state index contributed by atoms with van der Waals surface area (Å²) in [5, 5.41) is 6.83. The second kappa shape index (κ2) is 7.06. The van der Waals surface area contributed by atoms with Crippen molar-refractivity contribution in [2.45, 2.75) is 25.9 Å². The van der Waals surface area contributed by atoms with Gasteiger partial charge in [0.15, 0.2) is 0 Å². The fraction of sp³-hybridized carbons (Fsp3) is 0.316. The molecule has 7 nitrogen and oxygen atoms in total. The standard InChI is InChI=1S/C19H20F2N6O/c1-11-7-13(20)12(14(21)8-11)9-22-19(28)27-6-4-15-17(24-10-23-15)18(27)16-3-5-25-26(16)2/h3,5,7-8,10,18H,4,6,9H2,1-2H3,(H,22,28)(H,23,24). The summed E-state index contributed by atoms with van der Waals surface area (Å²) >= 11 is 0. The van der Waals surface area contributed by atoms with Crippen molar-refractivity contribution in [1.29, 1.82) is 0 Å². The number of fused-ring (bicyclic) bond motifs is 1. The van der Waals surface area contributed by atoms with Crippen LogP contribution in [0.25, 0.3) is 0 Å². The van der Waals surface area contributed by atoms with Gasteiger partial charge >= 0.3 is 6.03 Å². The highest BCUT2D eigenvalue weighted by atomic mass is 19.1. The summed E-state index contributed by atoms with van der Waals surface area (Å²) in [5.41, 5.74) is 2.84. The zero-order valence-electron chi connectivity index (χ0n) is 15.5. The van der Waals surface area contributed by atoms with Gasteiger partial charge in [-0.2, -0.15) is 5.10 Å². The maximum Gasteiger partial charge on any atom is 0.318 e. The molecule has 2 amide bonds. The minimum absolute atomic E-state index is 0.159. The van der Waals surface area contributed by atoms with Crippen LogP contribution in [0.1, 0.15) is 34.3 Å². The van der Waals surface area contributed by atoms with Crippen LogP contribution in [0.4, 0.5) is 13.6 Å². The highest BCUT2D eigenvalue weighted by Crippen LogP contribution is 2.33. The molecule has 1 aliphatic rings. The lowest BCUT2D eigenvalue weighted by atomic mass is 10.00. The number of amides is 2. The van der Waals surface area contributed by atoms with Crippen LogP contribution >= 0.6 is 0 Å². The van der Waals surface area contributed by atoms with Crippen LogP contribution in [-0.4, -0.2) is 37.2 Å². The van der Waals surface area contributed by atoms with Crippen molar-refractivity contribution in [3.05, 3.63) is 70.6 Å². The van der Waals surface area contributed by atoms with Gasteiger partial charge in [-0.3, -0.25) is 4.68 Å². The summed E-state index contributed by atoms with van der Waals surface area (Å²) in [6.07, 6.45) is 3.88. The van der Waals surface area contributed by atoms with Crippen LogP contribution in [0.2, 0.25) is 0 Å². The smallest absolute Gasteiger partial charge is 0.318 e. The van der Waals surface area contributed by atoms with E-state index in [-0.39, 0.29) is 12.1 Å². The Morgan fingerprint density at radius 3 is 2.79 bits per heavy atom. The lowest BCUT2D eigenvalue weighted by molar-refractivity contribution is 0.175. The van der Waals surface area contributed by atoms with Crippen molar-refractivity contribution >= 4 is 6.03 Å².